The number of aromatic nitrogens is 1. The van der Waals surface area contributed by atoms with E-state index in [4.69, 9.17) is 28.5 Å². The molecule has 0 fully saturated rings. The van der Waals surface area contributed by atoms with Crippen LogP contribution in [0.4, 0.5) is 0 Å². The van der Waals surface area contributed by atoms with Gasteiger partial charge in [0.25, 0.3) is 0 Å². The molecule has 0 amide bonds. The summed E-state index contributed by atoms with van der Waals surface area (Å²) >= 11 is 11.8. The molecule has 0 bridgehead atoms. The third-order valence-corrected chi connectivity index (χ3v) is 3.29. The fourth-order valence-corrected chi connectivity index (χ4v) is 2.00. The van der Waals surface area contributed by atoms with Crippen molar-refractivity contribution in [2.45, 2.75) is 13.5 Å². The van der Waals surface area contributed by atoms with E-state index in [1.165, 1.54) is 0 Å². The number of aryl methyl sites for hydroxylation is 1. The van der Waals surface area contributed by atoms with Crippen molar-refractivity contribution >= 4 is 23.2 Å². The van der Waals surface area contributed by atoms with Crippen molar-refractivity contribution in [2.75, 3.05) is 0 Å². The van der Waals surface area contributed by atoms with Gasteiger partial charge in [0.1, 0.15) is 6.07 Å². The summed E-state index contributed by atoms with van der Waals surface area (Å²) in [6.45, 7) is 2.60. The Morgan fingerprint density at radius 2 is 2.00 bits per heavy atom. The highest BCUT2D eigenvalue weighted by Crippen LogP contribution is 2.23. The number of rotatable bonds is 2. The van der Waals surface area contributed by atoms with E-state index in [-0.39, 0.29) is 0 Å². The molecular formula is C13H10Cl2N2. The molecule has 2 nitrogen and oxygen atoms in total. The summed E-state index contributed by atoms with van der Waals surface area (Å²) in [6, 6.07) is 7.70. The fourth-order valence-electron chi connectivity index (χ4n) is 1.68. The van der Waals surface area contributed by atoms with Crippen LogP contribution in [-0.4, -0.2) is 4.57 Å². The lowest BCUT2D eigenvalue weighted by molar-refractivity contribution is 0.804. The lowest BCUT2D eigenvalue weighted by Gasteiger charge is -2.04. The second-order valence-corrected chi connectivity index (χ2v) is 4.70. The van der Waals surface area contributed by atoms with Crippen LogP contribution in [0.25, 0.3) is 0 Å². The molecule has 86 valence electrons. The zero-order chi connectivity index (χ0) is 12.4. The van der Waals surface area contributed by atoms with E-state index in [1.54, 1.807) is 6.07 Å². The minimum absolute atomic E-state index is 0.550. The van der Waals surface area contributed by atoms with Gasteiger partial charge in [-0.3, -0.25) is 0 Å². The van der Waals surface area contributed by atoms with Crippen LogP contribution in [0.15, 0.2) is 30.6 Å². The van der Waals surface area contributed by atoms with Crippen LogP contribution in [0.5, 0.6) is 0 Å². The average Bonchev–Trinajstić information content (AvgIpc) is 2.64. The smallest absolute Gasteiger partial charge is 0.101 e. The van der Waals surface area contributed by atoms with Crippen molar-refractivity contribution in [1.29, 1.82) is 5.26 Å². The molecule has 0 radical (unpaired) electrons. The second-order valence-electron chi connectivity index (χ2n) is 3.89. The summed E-state index contributed by atoms with van der Waals surface area (Å²) < 4.78 is 1.97. The van der Waals surface area contributed by atoms with E-state index < -0.39 is 0 Å². The molecule has 1 aromatic heterocycles. The van der Waals surface area contributed by atoms with Crippen LogP contribution < -0.4 is 0 Å². The highest BCUT2D eigenvalue weighted by atomic mass is 35.5. The second kappa shape index (κ2) is 4.83. The summed E-state index contributed by atoms with van der Waals surface area (Å²) in [6.07, 6.45) is 3.78. The molecule has 4 heteroatoms. The van der Waals surface area contributed by atoms with Gasteiger partial charge in [-0.2, -0.15) is 5.26 Å². The summed E-state index contributed by atoms with van der Waals surface area (Å²) in [4.78, 5) is 0. The molecule has 0 unspecified atom stereocenters. The summed E-state index contributed by atoms with van der Waals surface area (Å²) in [5.74, 6) is 0. The Morgan fingerprint density at radius 1 is 1.24 bits per heavy atom. The van der Waals surface area contributed by atoms with Crippen LogP contribution in [0.3, 0.4) is 0 Å². The molecule has 2 rings (SSSR count). The molecule has 17 heavy (non-hydrogen) atoms. The molecule has 0 aliphatic rings. The van der Waals surface area contributed by atoms with Gasteiger partial charge in [0.05, 0.1) is 15.6 Å². The third kappa shape index (κ3) is 2.63. The lowest BCUT2D eigenvalue weighted by Crippen LogP contribution is -1.96. The van der Waals surface area contributed by atoms with Crippen molar-refractivity contribution in [3.8, 4) is 6.07 Å². The first-order chi connectivity index (χ1) is 8.10. The van der Waals surface area contributed by atoms with Crippen molar-refractivity contribution < 1.29 is 0 Å². The van der Waals surface area contributed by atoms with Crippen LogP contribution in [0, 0.1) is 18.3 Å². The van der Waals surface area contributed by atoms with E-state index in [0.29, 0.717) is 22.2 Å². The van der Waals surface area contributed by atoms with Crippen molar-refractivity contribution in [3.63, 3.8) is 0 Å². The fraction of sp³-hybridized carbons (Fsp3) is 0.154. The van der Waals surface area contributed by atoms with E-state index in [9.17, 15) is 0 Å². The van der Waals surface area contributed by atoms with Gasteiger partial charge in [0.2, 0.25) is 0 Å². The van der Waals surface area contributed by atoms with Crippen LogP contribution in [-0.2, 0) is 6.54 Å². The van der Waals surface area contributed by atoms with Crippen molar-refractivity contribution in [1.82, 2.24) is 4.57 Å². The summed E-state index contributed by atoms with van der Waals surface area (Å²) in [5.41, 5.74) is 2.73. The Morgan fingerprint density at radius 3 is 2.59 bits per heavy atom. The highest BCUT2D eigenvalue weighted by molar-refractivity contribution is 6.42. The van der Waals surface area contributed by atoms with E-state index >= 15 is 0 Å². The summed E-state index contributed by atoms with van der Waals surface area (Å²) in [7, 11) is 0. The van der Waals surface area contributed by atoms with Gasteiger partial charge < -0.3 is 4.57 Å². The third-order valence-electron chi connectivity index (χ3n) is 2.55. The predicted octanol–water partition coefficient (Wildman–Crippen LogP) is 4.02. The maximum atomic E-state index is 8.88. The van der Waals surface area contributed by atoms with Gasteiger partial charge >= 0.3 is 0 Å². The van der Waals surface area contributed by atoms with Crippen molar-refractivity contribution in [3.05, 3.63) is 57.3 Å². The topological polar surface area (TPSA) is 28.7 Å². The molecule has 0 spiro atoms. The van der Waals surface area contributed by atoms with E-state index in [0.717, 1.165) is 11.1 Å². The minimum Gasteiger partial charge on any atom is -0.348 e. The van der Waals surface area contributed by atoms with Crippen LogP contribution in [0.1, 0.15) is 16.7 Å². The maximum absolute atomic E-state index is 8.88. The molecular weight excluding hydrogens is 255 g/mol. The van der Waals surface area contributed by atoms with Crippen molar-refractivity contribution in [2.24, 2.45) is 0 Å². The molecule has 1 heterocycles. The number of benzene rings is 1. The van der Waals surface area contributed by atoms with E-state index in [2.05, 4.69) is 6.07 Å². The van der Waals surface area contributed by atoms with Gasteiger partial charge in [-0.25, -0.2) is 0 Å². The Balaban J connectivity index is 2.25. The Bertz CT molecular complexity index is 594. The zero-order valence-electron chi connectivity index (χ0n) is 9.24. The Kier molecular flexibility index (Phi) is 3.42. The monoisotopic (exact) mass is 264 g/mol. The molecule has 0 atom stereocenters. The number of nitriles is 1. The van der Waals surface area contributed by atoms with Crippen LogP contribution >= 0.6 is 23.2 Å². The number of halogens is 2. The first kappa shape index (κ1) is 12.0. The summed E-state index contributed by atoms with van der Waals surface area (Å²) in [5, 5.41) is 9.98. The van der Waals surface area contributed by atoms with Crippen LogP contribution in [0.2, 0.25) is 10.0 Å². The zero-order valence-corrected chi connectivity index (χ0v) is 10.8. The Hall–Kier alpha value is -1.43. The highest BCUT2D eigenvalue weighted by Gasteiger charge is 2.04. The quantitative estimate of drug-likeness (QED) is 0.806. The molecule has 2 aromatic rings. The molecule has 0 aliphatic carbocycles. The first-order valence-corrected chi connectivity index (χ1v) is 5.86. The standard InChI is InChI=1S/C13H10Cl2N2/c1-9-6-17(8-11(9)5-16)7-10-2-3-12(14)13(15)4-10/h2-4,6,8H,7H2,1H3. The maximum Gasteiger partial charge on any atom is 0.101 e. The SMILES string of the molecule is Cc1cn(Cc2ccc(Cl)c(Cl)c2)cc1C#N. The number of hydrogen-bond acceptors (Lipinski definition) is 1. The molecule has 0 N–H and O–H groups in total. The Labute approximate surface area is 110 Å². The van der Waals surface area contributed by atoms with Gasteiger partial charge in [-0.1, -0.05) is 29.3 Å². The van der Waals surface area contributed by atoms with Gasteiger partial charge in [0, 0.05) is 18.9 Å². The van der Waals surface area contributed by atoms with Gasteiger partial charge in [-0.05, 0) is 30.2 Å². The number of hydrogen-bond donors (Lipinski definition) is 0. The molecule has 1 aromatic carbocycles. The van der Waals surface area contributed by atoms with Gasteiger partial charge in [-0.15, -0.1) is 0 Å². The minimum atomic E-state index is 0.550. The predicted molar refractivity (Wildman–Crippen MR) is 69.4 cm³/mol. The first-order valence-electron chi connectivity index (χ1n) is 5.10. The largest absolute Gasteiger partial charge is 0.348 e. The van der Waals surface area contributed by atoms with E-state index in [1.807, 2.05) is 36.0 Å². The molecule has 0 aliphatic heterocycles. The number of nitrogens with zero attached hydrogens (tertiary/aromatic N) is 2. The lowest BCUT2D eigenvalue weighted by atomic mass is 10.2. The normalized spacial score (nSPS) is 10.2. The average molecular weight is 265 g/mol. The molecule has 0 saturated heterocycles. The molecule has 0 saturated carbocycles. The van der Waals surface area contributed by atoms with Gasteiger partial charge in [0.15, 0.2) is 0 Å².